The fraction of sp³-hybridized carbons (Fsp3) is 0.310. The molecule has 0 aliphatic heterocycles. The predicted octanol–water partition coefficient (Wildman–Crippen LogP) is 5.35. The summed E-state index contributed by atoms with van der Waals surface area (Å²) in [6, 6.07) is 19.6. The van der Waals surface area contributed by atoms with Gasteiger partial charge in [0.05, 0.1) is 10.6 Å². The lowest BCUT2D eigenvalue weighted by Crippen LogP contribution is -2.52. The van der Waals surface area contributed by atoms with E-state index in [9.17, 15) is 22.4 Å². The van der Waals surface area contributed by atoms with Crippen molar-refractivity contribution in [3.63, 3.8) is 0 Å². The molecule has 0 aromatic heterocycles. The van der Waals surface area contributed by atoms with Gasteiger partial charge in [0, 0.05) is 16.7 Å². The van der Waals surface area contributed by atoms with E-state index < -0.39 is 34.3 Å². The maximum Gasteiger partial charge on any atom is 0.264 e. The number of carbonyl (C=O) groups excluding carboxylic acids is 2. The van der Waals surface area contributed by atoms with Crippen molar-refractivity contribution in [1.82, 2.24) is 10.2 Å². The number of amides is 2. The maximum absolute atomic E-state index is 13.9. The van der Waals surface area contributed by atoms with Crippen molar-refractivity contribution >= 4 is 50.1 Å². The van der Waals surface area contributed by atoms with Crippen molar-refractivity contribution in [1.29, 1.82) is 0 Å². The largest absolute Gasteiger partial charge is 0.354 e. The number of nitrogens with one attached hydrogen (secondary N) is 1. The molecular formula is C29H33FIN3O4S. The average Bonchev–Trinajstić information content (AvgIpc) is 2.93. The molecule has 0 heterocycles. The first kappa shape index (κ1) is 30.6. The van der Waals surface area contributed by atoms with Gasteiger partial charge >= 0.3 is 0 Å². The molecule has 0 spiro atoms. The van der Waals surface area contributed by atoms with Crippen molar-refractivity contribution in [2.24, 2.45) is 0 Å². The number of rotatable bonds is 13. The molecule has 0 radical (unpaired) electrons. The Bertz CT molecular complexity index is 1340. The molecule has 3 aromatic carbocycles. The Morgan fingerprint density at radius 1 is 0.949 bits per heavy atom. The van der Waals surface area contributed by atoms with E-state index in [1.54, 1.807) is 61.5 Å². The fourth-order valence-corrected chi connectivity index (χ4v) is 5.86. The quantitative estimate of drug-likeness (QED) is 0.197. The third-order valence-corrected chi connectivity index (χ3v) is 8.71. The van der Waals surface area contributed by atoms with E-state index in [1.807, 2.05) is 6.92 Å². The SMILES string of the molecule is CCCCNC(=O)[C@H](CC)N(Cc1ccc(F)cc1)C(=O)CN(c1ccc(I)cc1)S(=O)(=O)c1ccccc1. The van der Waals surface area contributed by atoms with Crippen LogP contribution in [0.4, 0.5) is 10.1 Å². The summed E-state index contributed by atoms with van der Waals surface area (Å²) >= 11 is 2.12. The van der Waals surface area contributed by atoms with Crippen LogP contribution in [-0.2, 0) is 26.2 Å². The highest BCUT2D eigenvalue weighted by atomic mass is 127. The van der Waals surface area contributed by atoms with Gasteiger partial charge in [-0.1, -0.05) is 50.6 Å². The smallest absolute Gasteiger partial charge is 0.264 e. The Morgan fingerprint density at radius 2 is 1.59 bits per heavy atom. The van der Waals surface area contributed by atoms with E-state index in [-0.39, 0.29) is 17.3 Å². The number of carbonyl (C=O) groups is 2. The second-order valence-electron chi connectivity index (χ2n) is 9.02. The Labute approximate surface area is 243 Å². The summed E-state index contributed by atoms with van der Waals surface area (Å²) in [7, 11) is -4.11. The Kier molecular flexibility index (Phi) is 11.3. The molecule has 208 valence electrons. The van der Waals surface area contributed by atoms with Gasteiger partial charge < -0.3 is 10.2 Å². The molecule has 0 aliphatic carbocycles. The molecule has 10 heteroatoms. The molecule has 39 heavy (non-hydrogen) atoms. The van der Waals surface area contributed by atoms with Gasteiger partial charge in [0.15, 0.2) is 0 Å². The zero-order chi connectivity index (χ0) is 28.4. The van der Waals surface area contributed by atoms with E-state index in [0.717, 1.165) is 20.7 Å². The summed E-state index contributed by atoms with van der Waals surface area (Å²) in [6.45, 7) is 3.79. The molecule has 1 N–H and O–H groups in total. The van der Waals surface area contributed by atoms with Crippen molar-refractivity contribution < 1.29 is 22.4 Å². The highest BCUT2D eigenvalue weighted by Crippen LogP contribution is 2.25. The molecule has 0 aliphatic rings. The van der Waals surface area contributed by atoms with Gasteiger partial charge in [-0.3, -0.25) is 13.9 Å². The van der Waals surface area contributed by atoms with Gasteiger partial charge in [-0.15, -0.1) is 0 Å². The lowest BCUT2D eigenvalue weighted by molar-refractivity contribution is -0.140. The van der Waals surface area contributed by atoms with Crippen LogP contribution in [0.5, 0.6) is 0 Å². The van der Waals surface area contributed by atoms with Crippen molar-refractivity contribution in [3.8, 4) is 0 Å². The van der Waals surface area contributed by atoms with Crippen molar-refractivity contribution in [2.45, 2.75) is 50.6 Å². The van der Waals surface area contributed by atoms with E-state index >= 15 is 0 Å². The van der Waals surface area contributed by atoms with Crippen LogP contribution in [-0.4, -0.2) is 44.3 Å². The molecule has 3 rings (SSSR count). The monoisotopic (exact) mass is 665 g/mol. The third-order valence-electron chi connectivity index (χ3n) is 6.21. The normalized spacial score (nSPS) is 12.0. The van der Waals surface area contributed by atoms with Crippen LogP contribution >= 0.6 is 22.6 Å². The second-order valence-corrected chi connectivity index (χ2v) is 12.1. The average molecular weight is 666 g/mol. The lowest BCUT2D eigenvalue weighted by atomic mass is 10.1. The number of hydrogen-bond acceptors (Lipinski definition) is 4. The van der Waals surface area contributed by atoms with E-state index in [0.29, 0.717) is 24.2 Å². The van der Waals surface area contributed by atoms with Crippen LogP contribution in [0.25, 0.3) is 0 Å². The van der Waals surface area contributed by atoms with Gasteiger partial charge in [0.2, 0.25) is 11.8 Å². The molecule has 0 unspecified atom stereocenters. The third kappa shape index (κ3) is 8.25. The van der Waals surface area contributed by atoms with Crippen LogP contribution in [0.2, 0.25) is 0 Å². The minimum atomic E-state index is -4.11. The number of hydrogen-bond donors (Lipinski definition) is 1. The van der Waals surface area contributed by atoms with Crippen LogP contribution in [0.15, 0.2) is 83.8 Å². The maximum atomic E-state index is 13.9. The molecule has 0 saturated heterocycles. The molecule has 7 nitrogen and oxygen atoms in total. The summed E-state index contributed by atoms with van der Waals surface area (Å²) in [5, 5.41) is 2.89. The van der Waals surface area contributed by atoms with Gasteiger partial charge in [0.25, 0.3) is 10.0 Å². The van der Waals surface area contributed by atoms with Crippen molar-refractivity contribution in [2.75, 3.05) is 17.4 Å². The van der Waals surface area contributed by atoms with Crippen molar-refractivity contribution in [3.05, 3.63) is 93.8 Å². The molecular weight excluding hydrogens is 632 g/mol. The Hall–Kier alpha value is -2.99. The molecule has 1 atom stereocenters. The predicted molar refractivity (Wildman–Crippen MR) is 159 cm³/mol. The van der Waals surface area contributed by atoms with Gasteiger partial charge in [-0.05, 0) is 89.5 Å². The van der Waals surface area contributed by atoms with Gasteiger partial charge in [0.1, 0.15) is 18.4 Å². The summed E-state index contributed by atoms with van der Waals surface area (Å²) in [5.74, 6) is -1.28. The molecule has 0 fully saturated rings. The number of anilines is 1. The first-order valence-corrected chi connectivity index (χ1v) is 15.3. The number of unbranched alkanes of at least 4 members (excludes halogenated alkanes) is 1. The fourth-order valence-electron chi connectivity index (χ4n) is 4.07. The zero-order valence-corrected chi connectivity index (χ0v) is 25.0. The summed E-state index contributed by atoms with van der Waals surface area (Å²) in [6.07, 6.45) is 2.02. The molecule has 0 saturated carbocycles. The second kappa shape index (κ2) is 14.4. The Balaban J connectivity index is 2.01. The molecule has 2 amide bonds. The van der Waals surface area contributed by atoms with E-state index in [4.69, 9.17) is 0 Å². The van der Waals surface area contributed by atoms with Crippen LogP contribution < -0.4 is 9.62 Å². The standard InChI is InChI=1S/C29H33FIN3O4S/c1-3-5-19-32-29(36)27(4-2)33(20-22-11-13-23(30)14-12-22)28(35)21-34(25-17-15-24(31)16-18-25)39(37,38)26-9-7-6-8-10-26/h6-18,27H,3-5,19-21H2,1-2H3,(H,32,36)/t27-/m0/s1. The van der Waals surface area contributed by atoms with Crippen LogP contribution in [0.3, 0.4) is 0 Å². The summed E-state index contributed by atoms with van der Waals surface area (Å²) in [4.78, 5) is 28.5. The lowest BCUT2D eigenvalue weighted by Gasteiger charge is -2.33. The topological polar surface area (TPSA) is 86.8 Å². The number of benzene rings is 3. The van der Waals surface area contributed by atoms with E-state index in [2.05, 4.69) is 27.9 Å². The minimum Gasteiger partial charge on any atom is -0.354 e. The number of sulfonamides is 1. The van der Waals surface area contributed by atoms with Crippen LogP contribution in [0.1, 0.15) is 38.7 Å². The van der Waals surface area contributed by atoms with Crippen LogP contribution in [0, 0.1) is 9.39 Å². The number of nitrogens with zero attached hydrogens (tertiary/aromatic N) is 2. The summed E-state index contributed by atoms with van der Waals surface area (Å²) in [5.41, 5.74) is 0.950. The highest BCUT2D eigenvalue weighted by Gasteiger charge is 2.33. The first-order chi connectivity index (χ1) is 18.7. The number of halogens is 2. The summed E-state index contributed by atoms with van der Waals surface area (Å²) < 4.78 is 43.1. The zero-order valence-electron chi connectivity index (χ0n) is 22.0. The van der Waals surface area contributed by atoms with Gasteiger partial charge in [-0.2, -0.15) is 0 Å². The molecule has 3 aromatic rings. The highest BCUT2D eigenvalue weighted by molar-refractivity contribution is 14.1. The molecule has 0 bridgehead atoms. The first-order valence-electron chi connectivity index (χ1n) is 12.8. The Morgan fingerprint density at radius 3 is 2.18 bits per heavy atom. The van der Waals surface area contributed by atoms with Gasteiger partial charge in [-0.25, -0.2) is 12.8 Å². The van der Waals surface area contributed by atoms with E-state index in [1.165, 1.54) is 29.2 Å². The minimum absolute atomic E-state index is 0.0186.